The largest absolute Gasteiger partial charge is 0.377 e. The molecule has 0 amide bonds. The summed E-state index contributed by atoms with van der Waals surface area (Å²) in [6.07, 6.45) is 5.59. The topological polar surface area (TPSA) is 94.7 Å². The molecule has 0 radical (unpaired) electrons. The molecule has 46 heavy (non-hydrogen) atoms. The van der Waals surface area contributed by atoms with Crippen LogP contribution in [0.3, 0.4) is 0 Å². The summed E-state index contributed by atoms with van der Waals surface area (Å²) in [5, 5.41) is 27.4. The maximum Gasteiger partial charge on any atom is 0.123 e. The molecule has 0 bridgehead atoms. The third-order valence-corrected chi connectivity index (χ3v) is 9.10. The zero-order valence-electron chi connectivity index (χ0n) is 26.5. The van der Waals surface area contributed by atoms with Gasteiger partial charge in [0.2, 0.25) is 0 Å². The van der Waals surface area contributed by atoms with Crippen molar-refractivity contribution < 1.29 is 4.39 Å². The van der Waals surface area contributed by atoms with Gasteiger partial charge in [0.25, 0.3) is 0 Å². The Hall–Kier alpha value is -4.52. The van der Waals surface area contributed by atoms with Crippen LogP contribution in [0.5, 0.6) is 0 Å². The predicted molar refractivity (Wildman–Crippen MR) is 181 cm³/mol. The van der Waals surface area contributed by atoms with E-state index < -0.39 is 0 Å². The smallest absolute Gasteiger partial charge is 0.123 e. The van der Waals surface area contributed by atoms with Gasteiger partial charge in [-0.2, -0.15) is 5.26 Å². The lowest BCUT2D eigenvalue weighted by molar-refractivity contribution is 0.0866. The predicted octanol–water partition coefficient (Wildman–Crippen LogP) is 8.30. The minimum Gasteiger partial charge on any atom is -0.377 e. The van der Waals surface area contributed by atoms with Crippen LogP contribution in [0.1, 0.15) is 81.0 Å². The molecule has 1 aliphatic rings. The number of nitrogens with zero attached hydrogens (tertiary/aromatic N) is 6. The molecule has 3 heterocycles. The van der Waals surface area contributed by atoms with Crippen LogP contribution in [0.25, 0.3) is 10.9 Å². The van der Waals surface area contributed by atoms with Crippen LogP contribution in [0.2, 0.25) is 5.02 Å². The molecule has 1 aliphatic heterocycles. The van der Waals surface area contributed by atoms with Crippen molar-refractivity contribution in [1.29, 1.82) is 5.26 Å². The van der Waals surface area contributed by atoms with Crippen molar-refractivity contribution in [3.63, 3.8) is 0 Å². The Kier molecular flexibility index (Phi) is 8.94. The summed E-state index contributed by atoms with van der Waals surface area (Å²) in [6, 6.07) is 22.2. The second-order valence-corrected chi connectivity index (χ2v) is 13.3. The number of piperidine rings is 1. The molecule has 0 spiro atoms. The molecule has 1 fully saturated rings. The zero-order chi connectivity index (χ0) is 32.4. The number of nitrogens with one attached hydrogen (secondary N) is 2. The van der Waals surface area contributed by atoms with E-state index in [9.17, 15) is 9.65 Å². The molecular formula is C36H38ClFN8. The highest BCUT2D eigenvalue weighted by molar-refractivity contribution is 6.35. The highest BCUT2D eigenvalue weighted by atomic mass is 35.5. The Morgan fingerprint density at radius 1 is 1.00 bits per heavy atom. The summed E-state index contributed by atoms with van der Waals surface area (Å²) in [4.78, 5) is 7.03. The van der Waals surface area contributed by atoms with Crippen molar-refractivity contribution in [3.05, 3.63) is 112 Å². The maximum absolute atomic E-state index is 14.0. The number of fused-ring (bicyclic) bond motifs is 1. The van der Waals surface area contributed by atoms with E-state index in [1.807, 2.05) is 54.2 Å². The molecule has 0 aliphatic carbocycles. The maximum atomic E-state index is 14.0. The van der Waals surface area contributed by atoms with Crippen LogP contribution < -0.4 is 10.6 Å². The fourth-order valence-corrected chi connectivity index (χ4v) is 6.47. The number of hydrogen-bond acceptors (Lipinski definition) is 7. The van der Waals surface area contributed by atoms with E-state index >= 15 is 0 Å². The summed E-state index contributed by atoms with van der Waals surface area (Å²) in [5.41, 5.74) is 4.96. The lowest BCUT2D eigenvalue weighted by atomic mass is 9.98. The van der Waals surface area contributed by atoms with Gasteiger partial charge < -0.3 is 10.6 Å². The van der Waals surface area contributed by atoms with Crippen molar-refractivity contribution in [2.75, 3.05) is 23.7 Å². The molecule has 1 saturated heterocycles. The zero-order valence-corrected chi connectivity index (χ0v) is 27.3. The van der Waals surface area contributed by atoms with Crippen LogP contribution >= 0.6 is 11.6 Å². The SMILES string of the molecule is C[C@@H](Nc1c(C#N)cnc2c(Cl)cc(NC(c3ccccc3)c3cn(C4CCN(C(C)(C)C)CC4)nn3)cc12)c1cccc(F)c1. The van der Waals surface area contributed by atoms with E-state index in [2.05, 4.69) is 69.8 Å². The van der Waals surface area contributed by atoms with Crippen molar-refractivity contribution in [1.82, 2.24) is 24.9 Å². The lowest BCUT2D eigenvalue weighted by Gasteiger charge is -2.40. The van der Waals surface area contributed by atoms with Gasteiger partial charge in [-0.15, -0.1) is 5.10 Å². The van der Waals surface area contributed by atoms with Gasteiger partial charge in [0.15, 0.2) is 0 Å². The minimum atomic E-state index is -0.319. The summed E-state index contributed by atoms with van der Waals surface area (Å²) >= 11 is 6.83. The van der Waals surface area contributed by atoms with Crippen molar-refractivity contribution >= 4 is 33.9 Å². The first-order chi connectivity index (χ1) is 22.1. The number of nitriles is 1. The first kappa shape index (κ1) is 31.5. The van der Waals surface area contributed by atoms with Crippen LogP contribution in [-0.4, -0.2) is 43.5 Å². The lowest BCUT2D eigenvalue weighted by Crippen LogP contribution is -2.46. The number of pyridine rings is 1. The molecule has 2 N–H and O–H groups in total. The van der Waals surface area contributed by atoms with Crippen molar-refractivity contribution in [3.8, 4) is 6.07 Å². The van der Waals surface area contributed by atoms with Gasteiger partial charge in [0.1, 0.15) is 17.6 Å². The van der Waals surface area contributed by atoms with Crippen molar-refractivity contribution in [2.24, 2.45) is 0 Å². The summed E-state index contributed by atoms with van der Waals surface area (Å²) in [7, 11) is 0. The highest BCUT2D eigenvalue weighted by Gasteiger charge is 2.29. The molecule has 8 nitrogen and oxygen atoms in total. The fourth-order valence-electron chi connectivity index (χ4n) is 6.20. The standard InChI is InChI=1S/C36H38ClFN8/c1-23(25-11-8-12-27(38)17-25)41-33-26(20-39)21-40-35-30(33)18-28(19-31(35)37)42-34(24-9-6-5-7-10-24)32-22-46(44-43-32)29-13-15-45(16-14-29)36(2,3)4/h5-12,17-19,21-23,29,34,42H,13-16H2,1-4H3,(H,40,41)/t23-,34?/m1/s1. The minimum absolute atomic E-state index is 0.151. The number of benzene rings is 3. The molecule has 6 rings (SSSR count). The number of aromatic nitrogens is 4. The Morgan fingerprint density at radius 2 is 1.74 bits per heavy atom. The number of rotatable bonds is 8. The number of anilines is 2. The van der Waals surface area contributed by atoms with Gasteiger partial charge in [0.05, 0.1) is 40.1 Å². The van der Waals surface area contributed by atoms with Gasteiger partial charge in [-0.25, -0.2) is 9.07 Å². The Morgan fingerprint density at radius 3 is 2.43 bits per heavy atom. The molecule has 3 aromatic carbocycles. The van der Waals surface area contributed by atoms with Gasteiger partial charge in [-0.3, -0.25) is 9.88 Å². The summed E-state index contributed by atoms with van der Waals surface area (Å²) in [6.45, 7) is 10.7. The molecule has 1 unspecified atom stereocenters. The quantitative estimate of drug-likeness (QED) is 0.177. The molecule has 10 heteroatoms. The van der Waals surface area contributed by atoms with Crippen LogP contribution in [-0.2, 0) is 0 Å². The second kappa shape index (κ2) is 13.1. The van der Waals surface area contributed by atoms with Gasteiger partial charge in [-0.05, 0) is 75.9 Å². The normalized spacial score (nSPS) is 15.8. The van der Waals surface area contributed by atoms with E-state index in [4.69, 9.17) is 11.6 Å². The van der Waals surface area contributed by atoms with E-state index in [0.717, 1.165) is 48.4 Å². The van der Waals surface area contributed by atoms with Crippen LogP contribution in [0.15, 0.2) is 79.1 Å². The monoisotopic (exact) mass is 636 g/mol. The fraction of sp³-hybridized carbons (Fsp3) is 0.333. The van der Waals surface area contributed by atoms with E-state index in [-0.39, 0.29) is 29.5 Å². The molecular weight excluding hydrogens is 599 g/mol. The highest BCUT2D eigenvalue weighted by Crippen LogP contribution is 2.37. The van der Waals surface area contributed by atoms with Gasteiger partial charge >= 0.3 is 0 Å². The molecule has 236 valence electrons. The van der Waals surface area contributed by atoms with Crippen molar-refractivity contribution in [2.45, 2.75) is 64.2 Å². The average molecular weight is 637 g/mol. The average Bonchev–Trinajstić information content (AvgIpc) is 3.54. The van der Waals surface area contributed by atoms with Crippen LogP contribution in [0, 0.1) is 17.1 Å². The Balaban J connectivity index is 1.33. The van der Waals surface area contributed by atoms with Gasteiger partial charge in [-0.1, -0.05) is 59.3 Å². The van der Waals surface area contributed by atoms with E-state index in [0.29, 0.717) is 27.2 Å². The summed E-state index contributed by atoms with van der Waals surface area (Å²) in [5.74, 6) is -0.319. The second-order valence-electron chi connectivity index (χ2n) is 12.9. The van der Waals surface area contributed by atoms with Gasteiger partial charge in [0, 0.05) is 41.9 Å². The summed E-state index contributed by atoms with van der Waals surface area (Å²) < 4.78 is 16.0. The molecule has 5 aromatic rings. The first-order valence-corrected chi connectivity index (χ1v) is 16.0. The third-order valence-electron chi connectivity index (χ3n) is 8.81. The molecule has 2 atom stereocenters. The first-order valence-electron chi connectivity index (χ1n) is 15.6. The molecule has 2 aromatic heterocycles. The van der Waals surface area contributed by atoms with E-state index in [1.165, 1.54) is 18.3 Å². The third kappa shape index (κ3) is 6.69. The molecule has 0 saturated carbocycles. The van der Waals surface area contributed by atoms with Crippen LogP contribution in [0.4, 0.5) is 15.8 Å². The Labute approximate surface area is 274 Å². The number of likely N-dealkylation sites (tertiary alicyclic amines) is 1. The number of hydrogen-bond donors (Lipinski definition) is 2. The van der Waals surface area contributed by atoms with E-state index in [1.54, 1.807) is 6.07 Å². The number of halogens is 2. The Bertz CT molecular complexity index is 1870.